The van der Waals surface area contributed by atoms with E-state index in [2.05, 4.69) is 37.7 Å². The van der Waals surface area contributed by atoms with E-state index in [-0.39, 0.29) is 5.91 Å². The first-order chi connectivity index (χ1) is 12.5. The van der Waals surface area contributed by atoms with E-state index >= 15 is 0 Å². The normalized spacial score (nSPS) is 16.0. The van der Waals surface area contributed by atoms with Crippen LogP contribution in [-0.2, 0) is 11.3 Å². The Balaban J connectivity index is 1.41. The summed E-state index contributed by atoms with van der Waals surface area (Å²) in [6.07, 6.45) is 3.88. The molecule has 1 fully saturated rings. The fourth-order valence-electron chi connectivity index (χ4n) is 3.34. The largest absolute Gasteiger partial charge is 0.334 e. The maximum absolute atomic E-state index is 12.4. The molecule has 6 heteroatoms. The zero-order valence-electron chi connectivity index (χ0n) is 16.0. The number of anilines is 1. The summed E-state index contributed by atoms with van der Waals surface area (Å²) in [6, 6.07) is 6.02. The van der Waals surface area contributed by atoms with Gasteiger partial charge in [-0.2, -0.15) is 0 Å². The lowest BCUT2D eigenvalue weighted by molar-refractivity contribution is -0.117. The van der Waals surface area contributed by atoms with Crippen LogP contribution in [0.5, 0.6) is 0 Å². The summed E-state index contributed by atoms with van der Waals surface area (Å²) >= 11 is 0. The number of imidazole rings is 1. The van der Waals surface area contributed by atoms with Crippen molar-refractivity contribution in [1.82, 2.24) is 19.4 Å². The molecule has 0 unspecified atom stereocenters. The SMILES string of the molecule is Cc1cccc(NC(=O)CN2CCN(CCn3ccnc3C)CC2)c1C. The third-order valence-corrected chi connectivity index (χ3v) is 5.29. The van der Waals surface area contributed by atoms with Crippen LogP contribution in [0.15, 0.2) is 30.6 Å². The highest BCUT2D eigenvalue weighted by atomic mass is 16.2. The number of nitrogens with one attached hydrogen (secondary N) is 1. The monoisotopic (exact) mass is 355 g/mol. The maximum Gasteiger partial charge on any atom is 0.238 e. The molecular formula is C20H29N5O. The van der Waals surface area contributed by atoms with Crippen LogP contribution in [0.4, 0.5) is 5.69 Å². The van der Waals surface area contributed by atoms with Gasteiger partial charge in [-0.3, -0.25) is 14.6 Å². The van der Waals surface area contributed by atoms with E-state index in [4.69, 9.17) is 0 Å². The van der Waals surface area contributed by atoms with E-state index in [1.807, 2.05) is 38.4 Å². The minimum atomic E-state index is 0.0705. The fraction of sp³-hybridized carbons (Fsp3) is 0.500. The first-order valence-corrected chi connectivity index (χ1v) is 9.31. The van der Waals surface area contributed by atoms with Crippen molar-refractivity contribution in [2.45, 2.75) is 27.3 Å². The minimum absolute atomic E-state index is 0.0705. The van der Waals surface area contributed by atoms with Crippen molar-refractivity contribution in [3.05, 3.63) is 47.5 Å². The number of benzene rings is 1. The second-order valence-corrected chi connectivity index (χ2v) is 7.08. The van der Waals surface area contributed by atoms with Gasteiger partial charge in [0.25, 0.3) is 0 Å². The van der Waals surface area contributed by atoms with Crippen molar-refractivity contribution in [3.63, 3.8) is 0 Å². The first kappa shape index (κ1) is 18.6. The molecular weight excluding hydrogens is 326 g/mol. The number of nitrogens with zero attached hydrogens (tertiary/aromatic N) is 4. The summed E-state index contributed by atoms with van der Waals surface area (Å²) in [4.78, 5) is 21.3. The Hall–Kier alpha value is -2.18. The zero-order chi connectivity index (χ0) is 18.5. The lowest BCUT2D eigenvalue weighted by atomic mass is 10.1. The van der Waals surface area contributed by atoms with Crippen LogP contribution in [0, 0.1) is 20.8 Å². The van der Waals surface area contributed by atoms with E-state index < -0.39 is 0 Å². The second kappa shape index (κ2) is 8.47. The number of piperazine rings is 1. The Labute approximate surface area is 155 Å². The highest BCUT2D eigenvalue weighted by molar-refractivity contribution is 5.93. The second-order valence-electron chi connectivity index (χ2n) is 7.08. The average Bonchev–Trinajstić information content (AvgIpc) is 3.03. The van der Waals surface area contributed by atoms with Crippen molar-refractivity contribution >= 4 is 11.6 Å². The van der Waals surface area contributed by atoms with Gasteiger partial charge in [0.2, 0.25) is 5.91 Å². The Morgan fingerprint density at radius 3 is 2.50 bits per heavy atom. The van der Waals surface area contributed by atoms with Gasteiger partial charge < -0.3 is 9.88 Å². The predicted octanol–water partition coefficient (Wildman–Crippen LogP) is 2.06. The number of amides is 1. The quantitative estimate of drug-likeness (QED) is 0.862. The highest BCUT2D eigenvalue weighted by Gasteiger charge is 2.19. The summed E-state index contributed by atoms with van der Waals surface area (Å²) < 4.78 is 2.18. The summed E-state index contributed by atoms with van der Waals surface area (Å²) in [5.74, 6) is 1.13. The summed E-state index contributed by atoms with van der Waals surface area (Å²) in [5, 5.41) is 3.05. The molecule has 2 heterocycles. The summed E-state index contributed by atoms with van der Waals surface area (Å²) in [7, 11) is 0. The van der Waals surface area contributed by atoms with Gasteiger partial charge in [0.15, 0.2) is 0 Å². The van der Waals surface area contributed by atoms with E-state index in [9.17, 15) is 4.79 Å². The van der Waals surface area contributed by atoms with E-state index in [1.54, 1.807) is 0 Å². The van der Waals surface area contributed by atoms with Gasteiger partial charge in [-0.1, -0.05) is 12.1 Å². The van der Waals surface area contributed by atoms with Gasteiger partial charge in [-0.05, 0) is 38.0 Å². The molecule has 6 nitrogen and oxygen atoms in total. The molecule has 0 spiro atoms. The average molecular weight is 355 g/mol. The van der Waals surface area contributed by atoms with E-state index in [0.29, 0.717) is 6.54 Å². The lowest BCUT2D eigenvalue weighted by Crippen LogP contribution is -2.49. The topological polar surface area (TPSA) is 53.4 Å². The molecule has 0 saturated carbocycles. The van der Waals surface area contributed by atoms with Gasteiger partial charge in [0.1, 0.15) is 5.82 Å². The predicted molar refractivity (Wildman–Crippen MR) is 104 cm³/mol. The van der Waals surface area contributed by atoms with Crippen LogP contribution < -0.4 is 5.32 Å². The number of aromatic nitrogens is 2. The smallest absolute Gasteiger partial charge is 0.238 e. The summed E-state index contributed by atoms with van der Waals surface area (Å²) in [6.45, 7) is 12.5. The number of carbonyl (C=O) groups is 1. The molecule has 26 heavy (non-hydrogen) atoms. The van der Waals surface area contributed by atoms with Crippen LogP contribution in [0.2, 0.25) is 0 Å². The Morgan fingerprint density at radius 1 is 1.08 bits per heavy atom. The Bertz CT molecular complexity index is 746. The molecule has 1 saturated heterocycles. The minimum Gasteiger partial charge on any atom is -0.334 e. The van der Waals surface area contributed by atoms with Gasteiger partial charge in [-0.25, -0.2) is 4.98 Å². The fourth-order valence-corrected chi connectivity index (χ4v) is 3.34. The van der Waals surface area contributed by atoms with Gasteiger partial charge in [0, 0.05) is 57.3 Å². The first-order valence-electron chi connectivity index (χ1n) is 9.31. The van der Waals surface area contributed by atoms with Crippen molar-refractivity contribution < 1.29 is 4.79 Å². The van der Waals surface area contributed by atoms with Crippen LogP contribution in [0.1, 0.15) is 17.0 Å². The molecule has 0 radical (unpaired) electrons. The Kier molecular flexibility index (Phi) is 6.06. The van der Waals surface area contributed by atoms with Crippen LogP contribution in [0.3, 0.4) is 0 Å². The number of aryl methyl sites for hydroxylation is 2. The van der Waals surface area contributed by atoms with Crippen molar-refractivity contribution in [1.29, 1.82) is 0 Å². The van der Waals surface area contributed by atoms with Crippen molar-refractivity contribution in [2.24, 2.45) is 0 Å². The molecule has 0 aliphatic carbocycles. The molecule has 1 amide bonds. The molecule has 1 aliphatic rings. The zero-order valence-corrected chi connectivity index (χ0v) is 16.0. The van der Waals surface area contributed by atoms with Crippen LogP contribution in [-0.4, -0.2) is 64.5 Å². The van der Waals surface area contributed by atoms with E-state index in [0.717, 1.165) is 56.3 Å². The molecule has 1 aromatic carbocycles. The van der Waals surface area contributed by atoms with Crippen LogP contribution >= 0.6 is 0 Å². The molecule has 1 aliphatic heterocycles. The number of carbonyl (C=O) groups excluding carboxylic acids is 1. The number of rotatable bonds is 6. The van der Waals surface area contributed by atoms with E-state index in [1.165, 1.54) is 5.56 Å². The van der Waals surface area contributed by atoms with Gasteiger partial charge in [0.05, 0.1) is 6.54 Å². The third kappa shape index (κ3) is 4.71. The Morgan fingerprint density at radius 2 is 1.81 bits per heavy atom. The molecule has 3 rings (SSSR count). The molecule has 1 N–H and O–H groups in total. The molecule has 140 valence electrons. The molecule has 0 bridgehead atoms. The molecule has 2 aromatic rings. The van der Waals surface area contributed by atoms with Gasteiger partial charge in [-0.15, -0.1) is 0 Å². The highest BCUT2D eigenvalue weighted by Crippen LogP contribution is 2.17. The van der Waals surface area contributed by atoms with Crippen molar-refractivity contribution in [3.8, 4) is 0 Å². The number of hydrogen-bond acceptors (Lipinski definition) is 4. The molecule has 0 atom stereocenters. The van der Waals surface area contributed by atoms with Gasteiger partial charge >= 0.3 is 0 Å². The third-order valence-electron chi connectivity index (χ3n) is 5.29. The van der Waals surface area contributed by atoms with Crippen molar-refractivity contribution in [2.75, 3.05) is 44.6 Å². The maximum atomic E-state index is 12.4. The lowest BCUT2D eigenvalue weighted by Gasteiger charge is -2.34. The number of hydrogen-bond donors (Lipinski definition) is 1. The van der Waals surface area contributed by atoms with Crippen LogP contribution in [0.25, 0.3) is 0 Å². The summed E-state index contributed by atoms with van der Waals surface area (Å²) in [5.41, 5.74) is 3.26. The molecule has 1 aromatic heterocycles. The standard InChI is InChI=1S/C20H29N5O/c1-16-5-4-6-19(17(16)2)22-20(26)15-24-11-9-23(10-12-24)13-14-25-8-7-21-18(25)3/h4-8H,9-15H2,1-3H3,(H,22,26).